The fourth-order valence-corrected chi connectivity index (χ4v) is 4.95. The summed E-state index contributed by atoms with van der Waals surface area (Å²) in [7, 11) is 0. The van der Waals surface area contributed by atoms with Crippen molar-refractivity contribution in [3.63, 3.8) is 0 Å². The lowest BCUT2D eigenvalue weighted by atomic mass is 9.76. The van der Waals surface area contributed by atoms with Crippen molar-refractivity contribution in [3.8, 4) is 0 Å². The zero-order valence-corrected chi connectivity index (χ0v) is 18.4. The molecule has 0 spiro atoms. The zero-order chi connectivity index (χ0) is 20.8. The number of halogens is 1. The predicted octanol–water partition coefficient (Wildman–Crippen LogP) is 6.50. The van der Waals surface area contributed by atoms with Crippen LogP contribution in [0.3, 0.4) is 0 Å². The van der Waals surface area contributed by atoms with Crippen molar-refractivity contribution in [2.45, 2.75) is 44.9 Å². The Morgan fingerprint density at radius 2 is 2.10 bits per heavy atom. The molecule has 156 valence electrons. The second-order valence-corrected chi connectivity index (χ2v) is 8.59. The number of benzene rings is 1. The van der Waals surface area contributed by atoms with E-state index in [-0.39, 0.29) is 0 Å². The van der Waals surface area contributed by atoms with E-state index in [1.807, 2.05) is 37.7 Å². The van der Waals surface area contributed by atoms with E-state index in [1.165, 1.54) is 40.8 Å². The summed E-state index contributed by atoms with van der Waals surface area (Å²) in [5.41, 5.74) is 6.52. The molecule has 0 radical (unpaired) electrons. The Bertz CT molecular complexity index is 955. The van der Waals surface area contributed by atoms with Gasteiger partial charge in [-0.1, -0.05) is 35.9 Å². The summed E-state index contributed by atoms with van der Waals surface area (Å²) in [6, 6.07) is 10.7. The van der Waals surface area contributed by atoms with Gasteiger partial charge in [-0.3, -0.25) is 9.98 Å². The second kappa shape index (κ2) is 10.2. The molecule has 4 rings (SSSR count). The lowest BCUT2D eigenvalue weighted by Gasteiger charge is -2.32. The molecule has 1 atom stereocenters. The normalized spacial score (nSPS) is 19.5. The molecule has 30 heavy (non-hydrogen) atoms. The van der Waals surface area contributed by atoms with Crippen LogP contribution in [0.5, 0.6) is 0 Å². The Morgan fingerprint density at radius 3 is 2.93 bits per heavy atom. The molecule has 3 nitrogen and oxygen atoms in total. The van der Waals surface area contributed by atoms with Gasteiger partial charge in [0, 0.05) is 29.6 Å². The molecule has 4 heteroatoms. The van der Waals surface area contributed by atoms with Gasteiger partial charge in [0.15, 0.2) is 0 Å². The van der Waals surface area contributed by atoms with Gasteiger partial charge in [-0.05, 0) is 98.5 Å². The minimum Gasteiger partial charge on any atom is -0.317 e. The van der Waals surface area contributed by atoms with Crippen LogP contribution in [0.25, 0.3) is 11.6 Å². The molecule has 1 aromatic heterocycles. The molecule has 0 bridgehead atoms. The van der Waals surface area contributed by atoms with Gasteiger partial charge in [-0.2, -0.15) is 0 Å². The largest absolute Gasteiger partial charge is 0.317 e. The van der Waals surface area contributed by atoms with Gasteiger partial charge in [-0.15, -0.1) is 0 Å². The average molecular weight is 420 g/mol. The fourth-order valence-electron chi connectivity index (χ4n) is 4.77. The summed E-state index contributed by atoms with van der Waals surface area (Å²) in [4.78, 5) is 9.24. The highest BCUT2D eigenvalue weighted by molar-refractivity contribution is 6.30. The molecule has 0 amide bonds. The third-order valence-corrected chi connectivity index (χ3v) is 6.40. The summed E-state index contributed by atoms with van der Waals surface area (Å²) in [6.07, 6.45) is 15.5. The summed E-state index contributed by atoms with van der Waals surface area (Å²) >= 11 is 6.42. The molecule has 1 saturated heterocycles. The van der Waals surface area contributed by atoms with Crippen LogP contribution in [-0.4, -0.2) is 24.3 Å². The van der Waals surface area contributed by atoms with E-state index in [9.17, 15) is 0 Å². The van der Waals surface area contributed by atoms with Gasteiger partial charge in [0.25, 0.3) is 0 Å². The fraction of sp³-hybridized carbons (Fsp3) is 0.385. The lowest BCUT2D eigenvalue weighted by Crippen LogP contribution is -2.32. The molecular formula is C26H30ClN3. The third-order valence-electron chi connectivity index (χ3n) is 6.17. The Labute approximate surface area is 185 Å². The Kier molecular flexibility index (Phi) is 7.14. The van der Waals surface area contributed by atoms with Gasteiger partial charge >= 0.3 is 0 Å². The van der Waals surface area contributed by atoms with Crippen molar-refractivity contribution in [2.75, 3.05) is 13.1 Å². The molecule has 1 unspecified atom stereocenters. The summed E-state index contributed by atoms with van der Waals surface area (Å²) in [5, 5.41) is 4.31. The number of hydrogen-bond acceptors (Lipinski definition) is 3. The summed E-state index contributed by atoms with van der Waals surface area (Å²) in [6.45, 7) is 4.15. The lowest BCUT2D eigenvalue weighted by molar-refractivity contribution is 0.339. The molecule has 1 aromatic carbocycles. The maximum absolute atomic E-state index is 6.42. The zero-order valence-electron chi connectivity index (χ0n) is 17.7. The van der Waals surface area contributed by atoms with E-state index in [2.05, 4.69) is 40.7 Å². The number of fused-ring (bicyclic) bond motifs is 2. The number of aromatic nitrogens is 1. The molecule has 2 aliphatic rings. The van der Waals surface area contributed by atoms with Crippen molar-refractivity contribution in [1.82, 2.24) is 10.3 Å². The van der Waals surface area contributed by atoms with Crippen molar-refractivity contribution >= 4 is 29.5 Å². The highest BCUT2D eigenvalue weighted by Gasteiger charge is 2.32. The highest BCUT2D eigenvalue weighted by Crippen LogP contribution is 2.44. The van der Waals surface area contributed by atoms with Gasteiger partial charge in [0.05, 0.1) is 5.69 Å². The van der Waals surface area contributed by atoms with Crippen LogP contribution in [0.2, 0.25) is 5.02 Å². The molecule has 1 aliphatic heterocycles. The van der Waals surface area contributed by atoms with Crippen molar-refractivity contribution in [2.24, 2.45) is 10.9 Å². The first-order valence-electron chi connectivity index (χ1n) is 11.1. The maximum Gasteiger partial charge on any atom is 0.0556 e. The molecule has 1 N–H and O–H groups in total. The number of nitrogens with one attached hydrogen (secondary N) is 1. The molecule has 0 saturated carbocycles. The number of aliphatic imine (C=N–C) groups is 1. The molecule has 1 aliphatic carbocycles. The quantitative estimate of drug-likeness (QED) is 0.428. The van der Waals surface area contributed by atoms with Gasteiger partial charge < -0.3 is 5.32 Å². The first-order valence-corrected chi connectivity index (χ1v) is 11.4. The van der Waals surface area contributed by atoms with E-state index in [0.29, 0.717) is 11.8 Å². The number of pyridine rings is 1. The maximum atomic E-state index is 6.42. The number of allylic oxidation sites excluding steroid dienone is 2. The van der Waals surface area contributed by atoms with Gasteiger partial charge in [0.2, 0.25) is 0 Å². The SMILES string of the molecule is C/C=C\N=CCCCC1=Cc2cc(Cl)ccc2C(C2CCNCC2)c2ncccc21. The standard InChI is InChI=1S/C26H30ClN3/c1-2-12-28-13-4-3-6-20-17-21-18-22(27)8-9-23(21)25(19-10-15-29-16-11-19)26-24(20)7-5-14-30-26/h2,5,7-9,12-14,17-19,25,29H,3-4,6,10-11,15-16H2,1H3/b12-2-,28-13?. The average Bonchev–Trinajstić information content (AvgIpc) is 2.91. The second-order valence-electron chi connectivity index (χ2n) is 8.15. The van der Waals surface area contributed by atoms with Crippen LogP contribution < -0.4 is 5.32 Å². The number of hydrogen-bond donors (Lipinski definition) is 1. The minimum absolute atomic E-state index is 0.320. The van der Waals surface area contributed by atoms with Crippen LogP contribution in [0.1, 0.15) is 67.3 Å². The van der Waals surface area contributed by atoms with Crippen LogP contribution in [0.15, 0.2) is 53.8 Å². The monoisotopic (exact) mass is 419 g/mol. The molecule has 2 aromatic rings. The summed E-state index contributed by atoms with van der Waals surface area (Å²) in [5.74, 6) is 0.918. The smallest absolute Gasteiger partial charge is 0.0556 e. The molecule has 1 fully saturated rings. The van der Waals surface area contributed by atoms with Crippen molar-refractivity contribution < 1.29 is 0 Å². The van der Waals surface area contributed by atoms with Gasteiger partial charge in [0.1, 0.15) is 0 Å². The predicted molar refractivity (Wildman–Crippen MR) is 128 cm³/mol. The van der Waals surface area contributed by atoms with E-state index < -0.39 is 0 Å². The molecular weight excluding hydrogens is 390 g/mol. The number of unbranched alkanes of at least 4 members (excludes halogenated alkanes) is 1. The van der Waals surface area contributed by atoms with Crippen LogP contribution in [0.4, 0.5) is 0 Å². The van der Waals surface area contributed by atoms with Crippen LogP contribution in [0, 0.1) is 5.92 Å². The Balaban J connectivity index is 1.72. The van der Waals surface area contributed by atoms with Crippen LogP contribution >= 0.6 is 11.6 Å². The number of piperidine rings is 1. The minimum atomic E-state index is 0.320. The highest BCUT2D eigenvalue weighted by atomic mass is 35.5. The number of nitrogens with zero attached hydrogens (tertiary/aromatic N) is 2. The third kappa shape index (κ3) is 4.74. The molecule has 2 heterocycles. The van der Waals surface area contributed by atoms with E-state index in [4.69, 9.17) is 16.6 Å². The van der Waals surface area contributed by atoms with E-state index >= 15 is 0 Å². The Hall–Kier alpha value is -2.23. The summed E-state index contributed by atoms with van der Waals surface area (Å²) < 4.78 is 0. The first kappa shape index (κ1) is 21.0. The number of rotatable bonds is 6. The van der Waals surface area contributed by atoms with Crippen LogP contribution in [-0.2, 0) is 0 Å². The van der Waals surface area contributed by atoms with Crippen molar-refractivity contribution in [3.05, 3.63) is 76.2 Å². The topological polar surface area (TPSA) is 37.3 Å². The van der Waals surface area contributed by atoms with E-state index in [1.54, 1.807) is 0 Å². The van der Waals surface area contributed by atoms with E-state index in [0.717, 1.165) is 37.4 Å². The van der Waals surface area contributed by atoms with Crippen molar-refractivity contribution in [1.29, 1.82) is 0 Å². The first-order chi connectivity index (χ1) is 14.8. The Morgan fingerprint density at radius 1 is 1.23 bits per heavy atom. The van der Waals surface area contributed by atoms with Gasteiger partial charge in [-0.25, -0.2) is 0 Å².